The minimum Gasteiger partial charge on any atom is -0.478 e. The van der Waals surface area contributed by atoms with Crippen molar-refractivity contribution in [2.24, 2.45) is 11.8 Å². The van der Waals surface area contributed by atoms with E-state index in [1.165, 1.54) is 23.2 Å². The van der Waals surface area contributed by atoms with Gasteiger partial charge < -0.3 is 5.11 Å². The number of imide groups is 1. The molecule has 0 saturated carbocycles. The van der Waals surface area contributed by atoms with Gasteiger partial charge in [0.25, 0.3) is 0 Å². The summed E-state index contributed by atoms with van der Waals surface area (Å²) in [5.41, 5.74) is 0.567. The first-order valence-electron chi connectivity index (χ1n) is 5.95. The van der Waals surface area contributed by atoms with Crippen LogP contribution in [0.1, 0.15) is 29.9 Å². The van der Waals surface area contributed by atoms with Crippen LogP contribution in [-0.4, -0.2) is 32.8 Å². The SMILES string of the molecule is CC1C(=O)N(Cc2ccc(C(=O)O)cn2)C(=O)C1C. The van der Waals surface area contributed by atoms with Crippen molar-refractivity contribution in [3.63, 3.8) is 0 Å². The number of carboxylic acids is 1. The van der Waals surface area contributed by atoms with Crippen LogP contribution in [0.5, 0.6) is 0 Å². The van der Waals surface area contributed by atoms with Gasteiger partial charge in [0.05, 0.1) is 17.8 Å². The third-order valence-electron chi connectivity index (χ3n) is 3.45. The van der Waals surface area contributed by atoms with Gasteiger partial charge in [0.15, 0.2) is 0 Å². The lowest BCUT2D eigenvalue weighted by Crippen LogP contribution is -2.30. The van der Waals surface area contributed by atoms with Crippen LogP contribution in [0.25, 0.3) is 0 Å². The van der Waals surface area contributed by atoms with E-state index in [0.29, 0.717) is 5.69 Å². The molecule has 0 spiro atoms. The summed E-state index contributed by atoms with van der Waals surface area (Å²) in [5, 5.41) is 8.75. The number of hydrogen-bond acceptors (Lipinski definition) is 4. The zero-order valence-electron chi connectivity index (χ0n) is 10.7. The number of nitrogens with zero attached hydrogens (tertiary/aromatic N) is 2. The summed E-state index contributed by atoms with van der Waals surface area (Å²) in [5.74, 6) is -2.10. The summed E-state index contributed by atoms with van der Waals surface area (Å²) in [7, 11) is 0. The Morgan fingerprint density at radius 3 is 2.26 bits per heavy atom. The molecule has 2 heterocycles. The Bertz CT molecular complexity index is 518. The fraction of sp³-hybridized carbons (Fsp3) is 0.385. The molecule has 2 rings (SSSR count). The maximum absolute atomic E-state index is 11.9. The molecular formula is C13H14N2O4. The molecule has 2 amide bonds. The van der Waals surface area contributed by atoms with Crippen molar-refractivity contribution >= 4 is 17.8 Å². The van der Waals surface area contributed by atoms with Crippen molar-refractivity contribution in [3.8, 4) is 0 Å². The van der Waals surface area contributed by atoms with E-state index in [4.69, 9.17) is 5.11 Å². The molecule has 19 heavy (non-hydrogen) atoms. The van der Waals surface area contributed by atoms with E-state index in [1.807, 2.05) is 0 Å². The molecule has 0 radical (unpaired) electrons. The third kappa shape index (κ3) is 2.33. The van der Waals surface area contributed by atoms with Gasteiger partial charge in [-0.05, 0) is 12.1 Å². The van der Waals surface area contributed by atoms with Gasteiger partial charge >= 0.3 is 5.97 Å². The van der Waals surface area contributed by atoms with E-state index < -0.39 is 5.97 Å². The van der Waals surface area contributed by atoms with Crippen molar-refractivity contribution in [3.05, 3.63) is 29.6 Å². The monoisotopic (exact) mass is 262 g/mol. The van der Waals surface area contributed by atoms with Gasteiger partial charge in [-0.3, -0.25) is 19.5 Å². The molecular weight excluding hydrogens is 248 g/mol. The normalized spacial score (nSPS) is 22.9. The van der Waals surface area contributed by atoms with Gasteiger partial charge in [0.2, 0.25) is 11.8 Å². The standard InChI is InChI=1S/C13H14N2O4/c1-7-8(2)12(17)15(11(7)16)6-10-4-3-9(5-14-10)13(18)19/h3-5,7-8H,6H2,1-2H3,(H,18,19). The number of pyridine rings is 1. The molecule has 2 atom stereocenters. The molecule has 1 aliphatic rings. The lowest BCUT2D eigenvalue weighted by molar-refractivity contribution is -0.140. The molecule has 0 aliphatic carbocycles. The highest BCUT2D eigenvalue weighted by Crippen LogP contribution is 2.26. The number of amides is 2. The molecule has 1 fully saturated rings. The number of carboxylic acid groups (broad SMARTS) is 1. The Morgan fingerprint density at radius 2 is 1.84 bits per heavy atom. The van der Waals surface area contributed by atoms with Crippen molar-refractivity contribution in [2.75, 3.05) is 0 Å². The average molecular weight is 262 g/mol. The zero-order chi connectivity index (χ0) is 14.2. The topological polar surface area (TPSA) is 87.6 Å². The number of carbonyl (C=O) groups is 3. The lowest BCUT2D eigenvalue weighted by atomic mass is 10.00. The molecule has 0 aromatic carbocycles. The van der Waals surface area contributed by atoms with Crippen molar-refractivity contribution in [1.29, 1.82) is 0 Å². The minimum absolute atomic E-state index is 0.0737. The van der Waals surface area contributed by atoms with Crippen molar-refractivity contribution in [2.45, 2.75) is 20.4 Å². The predicted molar refractivity (Wildman–Crippen MR) is 65.1 cm³/mol. The smallest absolute Gasteiger partial charge is 0.337 e. The Hall–Kier alpha value is -2.24. The number of aromatic nitrogens is 1. The molecule has 6 nitrogen and oxygen atoms in total. The average Bonchev–Trinajstić information content (AvgIpc) is 2.57. The molecule has 1 N–H and O–H groups in total. The number of carbonyl (C=O) groups excluding carboxylic acids is 2. The van der Waals surface area contributed by atoms with Crippen LogP contribution in [0, 0.1) is 11.8 Å². The van der Waals surface area contributed by atoms with Crippen LogP contribution < -0.4 is 0 Å². The number of rotatable bonds is 3. The Kier molecular flexibility index (Phi) is 3.33. The van der Waals surface area contributed by atoms with Crippen LogP contribution in [0.3, 0.4) is 0 Å². The Labute approximate surface area is 110 Å². The highest BCUT2D eigenvalue weighted by atomic mass is 16.4. The van der Waals surface area contributed by atoms with Crippen molar-refractivity contribution < 1.29 is 19.5 Å². The fourth-order valence-electron chi connectivity index (χ4n) is 1.99. The first-order valence-corrected chi connectivity index (χ1v) is 5.95. The zero-order valence-corrected chi connectivity index (χ0v) is 10.7. The predicted octanol–water partition coefficient (Wildman–Crippen LogP) is 0.921. The molecule has 100 valence electrons. The van der Waals surface area contributed by atoms with E-state index in [2.05, 4.69) is 4.98 Å². The number of likely N-dealkylation sites (tertiary alicyclic amines) is 1. The molecule has 1 aromatic heterocycles. The van der Waals surface area contributed by atoms with E-state index >= 15 is 0 Å². The first-order chi connectivity index (χ1) is 8.91. The molecule has 1 aliphatic heterocycles. The second-order valence-corrected chi connectivity index (χ2v) is 4.68. The highest BCUT2D eigenvalue weighted by molar-refractivity contribution is 6.04. The largest absolute Gasteiger partial charge is 0.478 e. The van der Waals surface area contributed by atoms with Crippen LogP contribution >= 0.6 is 0 Å². The van der Waals surface area contributed by atoms with Gasteiger partial charge in [-0.15, -0.1) is 0 Å². The third-order valence-corrected chi connectivity index (χ3v) is 3.45. The van der Waals surface area contributed by atoms with Gasteiger partial charge in [0, 0.05) is 18.0 Å². The molecule has 0 bridgehead atoms. The maximum atomic E-state index is 11.9. The summed E-state index contributed by atoms with van der Waals surface area (Å²) in [6.45, 7) is 3.55. The first kappa shape index (κ1) is 13.2. The number of hydrogen-bond donors (Lipinski definition) is 1. The summed E-state index contributed by atoms with van der Waals surface area (Å²) in [4.78, 5) is 39.6. The van der Waals surface area contributed by atoms with Crippen molar-refractivity contribution in [1.82, 2.24) is 9.88 Å². The van der Waals surface area contributed by atoms with E-state index in [-0.39, 0.29) is 35.8 Å². The van der Waals surface area contributed by atoms with Crippen LogP contribution in [0.4, 0.5) is 0 Å². The highest BCUT2D eigenvalue weighted by Gasteiger charge is 2.42. The quantitative estimate of drug-likeness (QED) is 0.818. The number of aromatic carboxylic acids is 1. The summed E-state index contributed by atoms with van der Waals surface area (Å²) < 4.78 is 0. The summed E-state index contributed by atoms with van der Waals surface area (Å²) in [6, 6.07) is 2.92. The minimum atomic E-state index is -1.06. The van der Waals surface area contributed by atoms with Crippen LogP contribution in [-0.2, 0) is 16.1 Å². The molecule has 6 heteroatoms. The van der Waals surface area contributed by atoms with Gasteiger partial charge in [-0.25, -0.2) is 4.79 Å². The molecule has 1 aromatic rings. The van der Waals surface area contributed by atoms with E-state index in [9.17, 15) is 14.4 Å². The molecule has 2 unspecified atom stereocenters. The summed E-state index contributed by atoms with van der Waals surface area (Å²) in [6.07, 6.45) is 1.22. The lowest BCUT2D eigenvalue weighted by Gasteiger charge is -2.13. The van der Waals surface area contributed by atoms with Crippen LogP contribution in [0.2, 0.25) is 0 Å². The van der Waals surface area contributed by atoms with E-state index in [1.54, 1.807) is 13.8 Å². The van der Waals surface area contributed by atoms with Gasteiger partial charge in [-0.1, -0.05) is 13.8 Å². The van der Waals surface area contributed by atoms with Gasteiger partial charge in [-0.2, -0.15) is 0 Å². The summed E-state index contributed by atoms with van der Waals surface area (Å²) >= 11 is 0. The second-order valence-electron chi connectivity index (χ2n) is 4.68. The van der Waals surface area contributed by atoms with Crippen LogP contribution in [0.15, 0.2) is 18.3 Å². The molecule has 1 saturated heterocycles. The fourth-order valence-corrected chi connectivity index (χ4v) is 1.99. The van der Waals surface area contributed by atoms with E-state index in [0.717, 1.165) is 0 Å². The Balaban J connectivity index is 2.15. The van der Waals surface area contributed by atoms with Gasteiger partial charge in [0.1, 0.15) is 0 Å². The maximum Gasteiger partial charge on any atom is 0.337 e. The Morgan fingerprint density at radius 1 is 1.26 bits per heavy atom. The second kappa shape index (κ2) is 4.79.